The summed E-state index contributed by atoms with van der Waals surface area (Å²) in [6.45, 7) is 0. The van der Waals surface area contributed by atoms with Crippen LogP contribution in [0.25, 0.3) is 22.3 Å². The summed E-state index contributed by atoms with van der Waals surface area (Å²) in [4.78, 5) is 0. The first-order valence-electron chi connectivity index (χ1n) is 9.95. The molecule has 0 bridgehead atoms. The Kier molecular flexibility index (Phi) is 9.90. The molecular weight excluding hydrogens is 416 g/mol. The smallest absolute Gasteiger partial charge is 0.400 e. The quantitative estimate of drug-likeness (QED) is 0.247. The molecule has 4 aromatic rings. The summed E-state index contributed by atoms with van der Waals surface area (Å²) >= 11 is 0. The second-order valence-corrected chi connectivity index (χ2v) is 6.79. The molecule has 0 amide bonds. The first-order chi connectivity index (χ1) is 14.9. The number of aliphatic hydroxyl groups is 2. The van der Waals surface area contributed by atoms with Gasteiger partial charge in [0, 0.05) is 14.2 Å². The Labute approximate surface area is 200 Å². The average Bonchev–Trinajstić information content (AvgIpc) is 3.40. The van der Waals surface area contributed by atoms with E-state index in [1.54, 1.807) is 0 Å². The van der Waals surface area contributed by atoms with Gasteiger partial charge in [-0.1, -0.05) is 70.8 Å². The molecule has 2 aliphatic carbocycles. The SMILES string of the molecule is CO.CO.[Ti+2].[c-]1cccc2c1Cc1ccccc1-2.[c-]1cccc2c1Cc1ccccc1-2. The number of rotatable bonds is 0. The van der Waals surface area contributed by atoms with Crippen molar-refractivity contribution in [3.63, 3.8) is 0 Å². The Morgan fingerprint density at radius 2 is 0.871 bits per heavy atom. The molecule has 4 aromatic carbocycles. The van der Waals surface area contributed by atoms with E-state index in [2.05, 4.69) is 84.9 Å². The van der Waals surface area contributed by atoms with E-state index in [0.717, 1.165) is 27.1 Å². The molecule has 0 spiro atoms. The Morgan fingerprint density at radius 3 is 1.29 bits per heavy atom. The zero-order valence-corrected chi connectivity index (χ0v) is 19.5. The molecule has 0 unspecified atom stereocenters. The van der Waals surface area contributed by atoms with Crippen LogP contribution in [0.15, 0.2) is 84.9 Å². The van der Waals surface area contributed by atoms with Crippen molar-refractivity contribution in [3.05, 3.63) is 119 Å². The zero-order valence-electron chi connectivity index (χ0n) is 17.9. The Morgan fingerprint density at radius 1 is 0.516 bits per heavy atom. The van der Waals surface area contributed by atoms with Crippen molar-refractivity contribution in [1.82, 2.24) is 0 Å². The molecule has 0 aromatic heterocycles. The summed E-state index contributed by atoms with van der Waals surface area (Å²) in [6, 6.07) is 36.2. The van der Waals surface area contributed by atoms with Gasteiger partial charge in [-0.25, -0.2) is 0 Å². The molecule has 2 aliphatic rings. The summed E-state index contributed by atoms with van der Waals surface area (Å²) in [5, 5.41) is 14.0. The van der Waals surface area contributed by atoms with E-state index >= 15 is 0 Å². The van der Waals surface area contributed by atoms with Gasteiger partial charge in [0.25, 0.3) is 0 Å². The molecule has 0 atom stereocenters. The number of fused-ring (bicyclic) bond motifs is 6. The van der Waals surface area contributed by atoms with Crippen LogP contribution >= 0.6 is 0 Å². The van der Waals surface area contributed by atoms with E-state index in [1.165, 1.54) is 44.5 Å². The number of hydrogen-bond donors (Lipinski definition) is 2. The zero-order chi connectivity index (χ0) is 21.3. The second kappa shape index (κ2) is 12.4. The first kappa shape index (κ1) is 24.8. The molecule has 0 radical (unpaired) electrons. The summed E-state index contributed by atoms with van der Waals surface area (Å²) in [5.74, 6) is 0. The van der Waals surface area contributed by atoms with Crippen molar-refractivity contribution in [2.75, 3.05) is 14.2 Å². The van der Waals surface area contributed by atoms with Crippen LogP contribution in [0.1, 0.15) is 22.3 Å². The molecule has 0 saturated carbocycles. The van der Waals surface area contributed by atoms with Gasteiger partial charge < -0.3 is 10.2 Å². The predicted molar refractivity (Wildman–Crippen MR) is 123 cm³/mol. The van der Waals surface area contributed by atoms with Crippen LogP contribution < -0.4 is 0 Å². The largest absolute Gasteiger partial charge is 2.00 e. The van der Waals surface area contributed by atoms with Crippen LogP contribution in [0.4, 0.5) is 0 Å². The summed E-state index contributed by atoms with van der Waals surface area (Å²) in [7, 11) is 2.00. The van der Waals surface area contributed by atoms with Crippen molar-refractivity contribution in [2.45, 2.75) is 12.8 Å². The van der Waals surface area contributed by atoms with E-state index in [-0.39, 0.29) is 21.7 Å². The normalized spacial score (nSPS) is 10.7. The molecular formula is C28H26O2Ti. The van der Waals surface area contributed by atoms with Crippen LogP contribution in [-0.4, -0.2) is 24.4 Å². The van der Waals surface area contributed by atoms with Gasteiger partial charge in [0.1, 0.15) is 0 Å². The number of aliphatic hydroxyl groups excluding tert-OH is 2. The minimum absolute atomic E-state index is 0. The van der Waals surface area contributed by atoms with Crippen LogP contribution in [0, 0.1) is 12.1 Å². The van der Waals surface area contributed by atoms with Gasteiger partial charge in [-0.3, -0.25) is 0 Å². The Hall–Kier alpha value is -2.49. The van der Waals surface area contributed by atoms with E-state index in [9.17, 15) is 0 Å². The van der Waals surface area contributed by atoms with E-state index in [1.807, 2.05) is 12.1 Å². The van der Waals surface area contributed by atoms with Crippen LogP contribution in [-0.2, 0) is 34.6 Å². The van der Waals surface area contributed by atoms with Crippen LogP contribution in [0.5, 0.6) is 0 Å². The molecule has 0 saturated heterocycles. The maximum atomic E-state index is 7.00. The van der Waals surface area contributed by atoms with E-state index in [0.29, 0.717) is 0 Å². The fourth-order valence-electron chi connectivity index (χ4n) is 4.00. The summed E-state index contributed by atoms with van der Waals surface area (Å²) in [5.41, 5.74) is 11.0. The van der Waals surface area contributed by atoms with Gasteiger partial charge in [-0.15, -0.1) is 11.1 Å². The minimum atomic E-state index is 0. The van der Waals surface area contributed by atoms with Gasteiger partial charge in [0.2, 0.25) is 0 Å². The van der Waals surface area contributed by atoms with Gasteiger partial charge in [0.15, 0.2) is 0 Å². The van der Waals surface area contributed by atoms with E-state index in [4.69, 9.17) is 10.2 Å². The van der Waals surface area contributed by atoms with Crippen LogP contribution in [0.2, 0.25) is 0 Å². The molecule has 2 nitrogen and oxygen atoms in total. The third-order valence-corrected chi connectivity index (χ3v) is 5.23. The Bertz CT molecular complexity index is 929. The fraction of sp³-hybridized carbons (Fsp3) is 0.143. The Balaban J connectivity index is 0.000000185. The molecule has 0 fully saturated rings. The van der Waals surface area contributed by atoms with Gasteiger partial charge >= 0.3 is 21.7 Å². The standard InChI is InChI=1S/2C13H9.2CH4O.Ti/c2*1-3-7-12-10(5-1)9-11-6-2-4-8-13(11)12;2*1-2;/h2*1-5,7-8H,9H2;2*2H,1H3;/q2*-1;;;+2. The topological polar surface area (TPSA) is 40.5 Å². The van der Waals surface area contributed by atoms with Crippen molar-refractivity contribution in [3.8, 4) is 22.3 Å². The maximum absolute atomic E-state index is 7.00. The minimum Gasteiger partial charge on any atom is -0.400 e. The predicted octanol–water partition coefficient (Wildman–Crippen LogP) is 5.33. The maximum Gasteiger partial charge on any atom is 2.00 e. The molecule has 6 rings (SSSR count). The molecule has 3 heteroatoms. The molecule has 0 aliphatic heterocycles. The van der Waals surface area contributed by atoms with Crippen molar-refractivity contribution >= 4 is 0 Å². The van der Waals surface area contributed by atoms with Crippen molar-refractivity contribution in [2.24, 2.45) is 0 Å². The van der Waals surface area contributed by atoms with Gasteiger partial charge in [0.05, 0.1) is 0 Å². The third-order valence-electron chi connectivity index (χ3n) is 5.23. The summed E-state index contributed by atoms with van der Waals surface area (Å²) in [6.07, 6.45) is 2.10. The van der Waals surface area contributed by atoms with Crippen molar-refractivity contribution < 1.29 is 31.9 Å². The fourth-order valence-corrected chi connectivity index (χ4v) is 4.00. The average molecular weight is 442 g/mol. The number of hydrogen-bond acceptors (Lipinski definition) is 2. The second-order valence-electron chi connectivity index (χ2n) is 6.79. The molecule has 0 heterocycles. The third kappa shape index (κ3) is 5.41. The van der Waals surface area contributed by atoms with Crippen molar-refractivity contribution in [1.29, 1.82) is 0 Å². The van der Waals surface area contributed by atoms with Crippen LogP contribution in [0.3, 0.4) is 0 Å². The summed E-state index contributed by atoms with van der Waals surface area (Å²) < 4.78 is 0. The molecule has 2 N–H and O–H groups in total. The molecule has 31 heavy (non-hydrogen) atoms. The van der Waals surface area contributed by atoms with Gasteiger partial charge in [-0.2, -0.15) is 59.7 Å². The molecule has 154 valence electrons. The van der Waals surface area contributed by atoms with E-state index < -0.39 is 0 Å². The number of benzene rings is 4. The first-order valence-corrected chi connectivity index (χ1v) is 9.95. The van der Waals surface area contributed by atoms with Gasteiger partial charge in [-0.05, 0) is 12.8 Å². The monoisotopic (exact) mass is 442 g/mol.